The van der Waals surface area contributed by atoms with Crippen molar-refractivity contribution in [2.24, 2.45) is 27.0 Å². The summed E-state index contributed by atoms with van der Waals surface area (Å²) in [5.41, 5.74) is 14.7. The van der Waals surface area contributed by atoms with E-state index in [4.69, 9.17) is 110 Å². The number of carbonyl (C=O) groups excluding carboxylic acids is 2. The number of hydrogen-bond acceptors (Lipinski definition) is 30. The lowest BCUT2D eigenvalue weighted by Crippen LogP contribution is -2.55. The summed E-state index contributed by atoms with van der Waals surface area (Å²) in [6.45, 7) is 37.1. The summed E-state index contributed by atoms with van der Waals surface area (Å²) in [7, 11) is 0. The molecule has 8 aromatic rings. The number of nitrogens with two attached hydrogens (primary N) is 1. The summed E-state index contributed by atoms with van der Waals surface area (Å²) in [5, 5.41) is 27.0. The van der Waals surface area contributed by atoms with Gasteiger partial charge in [0.1, 0.15) is 45.6 Å². The highest BCUT2D eigenvalue weighted by molar-refractivity contribution is 14.1. The Morgan fingerprint density at radius 1 is 0.615 bits per heavy atom. The molecule has 11 aliphatic rings. The van der Waals surface area contributed by atoms with Gasteiger partial charge in [-0.2, -0.15) is 10.1 Å². The fourth-order valence-corrected chi connectivity index (χ4v) is 19.7. The first kappa shape index (κ1) is 85.8. The first-order valence-electron chi connectivity index (χ1n) is 43.2. The minimum Gasteiger partial charge on any atom is -0.483 e. The Labute approximate surface area is 723 Å². The lowest BCUT2D eigenvalue weighted by Gasteiger charge is -2.42. The van der Waals surface area contributed by atoms with Gasteiger partial charge in [0.2, 0.25) is 11.7 Å². The number of hydrogen-bond donors (Lipinski definition) is 4. The van der Waals surface area contributed by atoms with Crippen LogP contribution in [-0.4, -0.2) is 232 Å². The second kappa shape index (κ2) is 35.9. The zero-order chi connectivity index (χ0) is 85.4. The predicted octanol–water partition coefficient (Wildman–Crippen LogP) is 11.7. The Balaban J connectivity index is 0.000000135. The zero-order valence-electron chi connectivity index (χ0n) is 71.4. The van der Waals surface area contributed by atoms with Gasteiger partial charge in [0, 0.05) is 101 Å². The highest BCUT2D eigenvalue weighted by atomic mass is 127. The molecule has 0 saturated carbocycles. The quantitative estimate of drug-likeness (QED) is 0.0561. The molecule has 11 aliphatic heterocycles. The minimum absolute atomic E-state index is 0.0582. The number of pyridine rings is 2. The summed E-state index contributed by atoms with van der Waals surface area (Å²) in [5.74, 6) is 5.75. The molecule has 8 fully saturated rings. The topological polar surface area (TPSA) is 397 Å². The maximum atomic E-state index is 12.7. The molecule has 19 heterocycles. The number of aliphatic imine (C=N–C) groups is 1. The Morgan fingerprint density at radius 2 is 1.11 bits per heavy atom. The van der Waals surface area contributed by atoms with Crippen LogP contribution in [0.2, 0.25) is 0 Å². The molecule has 0 radical (unpaired) electrons. The van der Waals surface area contributed by atoms with Crippen LogP contribution < -0.4 is 40.9 Å². The van der Waals surface area contributed by atoms with Crippen LogP contribution in [0.3, 0.4) is 0 Å². The highest BCUT2D eigenvalue weighted by Crippen LogP contribution is 2.48. The number of piperidine rings is 3. The number of carboxylic acid groups (broad SMARTS) is 1. The van der Waals surface area contributed by atoms with E-state index in [-0.39, 0.29) is 77.7 Å². The van der Waals surface area contributed by atoms with E-state index < -0.39 is 17.3 Å². The van der Waals surface area contributed by atoms with Crippen LogP contribution in [0.15, 0.2) is 52.4 Å². The molecule has 652 valence electrons. The number of halogens is 1. The van der Waals surface area contributed by atoms with Gasteiger partial charge in [-0.15, -0.1) is 10.1 Å². The minimum atomic E-state index is -0.564. The number of nitrogens with one attached hydrogen (secondary N) is 2. The molecular weight excluding hydrogens is 1680 g/mol. The van der Waals surface area contributed by atoms with Crippen LogP contribution in [-0.2, 0) is 63.8 Å². The third-order valence-corrected chi connectivity index (χ3v) is 26.4. The summed E-state index contributed by atoms with van der Waals surface area (Å²) >= 11 is 2.22. The van der Waals surface area contributed by atoms with Crippen LogP contribution in [0, 0.1) is 26.5 Å². The van der Waals surface area contributed by atoms with E-state index in [1.807, 2.05) is 102 Å². The number of nitrogens with zero attached hydrogens (tertiary/aromatic N) is 21. The number of alkyl carbamates (subject to hydrolysis) is 2. The molecule has 2 unspecified atom stereocenters. The monoisotopic (exact) mass is 1790 g/mol. The third kappa shape index (κ3) is 17.9. The van der Waals surface area contributed by atoms with Crippen molar-refractivity contribution >= 4 is 110 Å². The van der Waals surface area contributed by atoms with Crippen molar-refractivity contribution in [3.05, 3.63) is 86.6 Å². The van der Waals surface area contributed by atoms with E-state index >= 15 is 0 Å². The van der Waals surface area contributed by atoms with Gasteiger partial charge in [0.05, 0.1) is 98.1 Å². The highest BCUT2D eigenvalue weighted by Gasteiger charge is 2.53. The molecule has 36 nitrogen and oxygen atoms in total. The second-order valence-electron chi connectivity index (χ2n) is 35.9. The van der Waals surface area contributed by atoms with Gasteiger partial charge in [-0.05, 0) is 205 Å². The van der Waals surface area contributed by atoms with E-state index in [0.717, 1.165) is 258 Å². The smallest absolute Gasteiger partial charge is 0.407 e. The van der Waals surface area contributed by atoms with Gasteiger partial charge in [-0.1, -0.05) is 18.7 Å². The molecule has 0 aliphatic carbocycles. The first-order valence-corrected chi connectivity index (χ1v) is 44.3. The standard InChI is InChI=1S/C33H43N9O4.C27H33N9O2.C24H35IN6O4.CH2O2/c1-21-28(38-31(43)46-32(2,3)4)33(20-45-21)13-16-40(17-14-33)25-19-35-27-29(37-25)42(26-10-6-7-18-44-26)39-30(27)41-15-8-9-22-23(41)11-12-24(34-5)36-22;1-3-22-33-25(34-38-22)18-6-7-20-17(31-18)5-4-10-36(20)26-23-19(13-30-26)32-21(14-29-23)35-11-8-27(9-12-35)15-37-16(2)24(27)28;1-15-19(28-22(32)35-23(2,3)4)24(14-34-15)8-10-30(11-9-24)16-13-26-18-20(25)29-31(21(18)27-16)17-7-5-6-12-33-17;2-1-3/h11-12,19,21,26,28H,6-10,13-18,20H2,1-4H3,(H,38,43);6-7,14,16,24H,3-5,8-13,15,28H2,1-2H3;13,15,17,19H,5-12,14H2,1-4H3,(H,28,32);1H,(H,2,3)/t21-,26?,28+;16-,24+;15-,17?,19+;/m000./s1. The normalized spacial score (nSPS) is 24.5. The van der Waals surface area contributed by atoms with E-state index in [2.05, 4.69) is 90.7 Å². The molecule has 3 spiro atoms. The van der Waals surface area contributed by atoms with Gasteiger partial charge >= 0.3 is 12.2 Å². The first-order chi connectivity index (χ1) is 58.7. The lowest BCUT2D eigenvalue weighted by molar-refractivity contribution is -0.122. The van der Waals surface area contributed by atoms with Crippen LogP contribution >= 0.6 is 22.6 Å². The van der Waals surface area contributed by atoms with E-state index in [9.17, 15) is 9.59 Å². The maximum absolute atomic E-state index is 12.7. The second-order valence-corrected chi connectivity index (χ2v) is 36.9. The zero-order valence-corrected chi connectivity index (χ0v) is 73.6. The Bertz CT molecular complexity index is 5160. The Morgan fingerprint density at radius 3 is 1.65 bits per heavy atom. The maximum Gasteiger partial charge on any atom is 0.407 e. The molecule has 0 aromatic carbocycles. The van der Waals surface area contributed by atoms with Crippen LogP contribution in [0.1, 0.15) is 200 Å². The largest absolute Gasteiger partial charge is 0.483 e. The number of carbonyl (C=O) groups is 3. The summed E-state index contributed by atoms with van der Waals surface area (Å²) in [6.07, 6.45) is 20.4. The number of fused-ring (bicyclic) bond motifs is 5. The number of aromatic nitrogens is 14. The van der Waals surface area contributed by atoms with Crippen molar-refractivity contribution in [2.75, 3.05) is 110 Å². The number of rotatable bonds is 10. The molecule has 122 heavy (non-hydrogen) atoms. The number of ether oxygens (including phenoxy) is 7. The fourth-order valence-electron chi connectivity index (χ4n) is 19.1. The molecule has 8 aromatic heterocycles. The number of anilines is 6. The van der Waals surface area contributed by atoms with Crippen molar-refractivity contribution in [1.29, 1.82) is 0 Å². The van der Waals surface area contributed by atoms with Crippen molar-refractivity contribution in [2.45, 2.75) is 245 Å². The van der Waals surface area contributed by atoms with Crippen molar-refractivity contribution < 1.29 is 57.2 Å². The molecule has 2 amide bonds. The SMILES string of the molecule is CCc1nc(-c2ccc3c(n2)CCCN3C2=NCc3nc(N4CCC5(CC4)CO[C@@H](C)[C@H]5N)cnc32)no1.C[C@@H]1OCC2(CCN(c3cnc4c(I)nn(C5CCCCO5)c4n3)CC2)[C@@H]1NC(=O)OC(C)(C)C.O=CO.[C-]#[N+]c1ccc2c(n1)CCCN2c1nn(C2CCCCO2)c2nc(N3CCC4(CC3)CO[C@@H](C)[C@H]4NC(=O)OC(C)(C)C)cnc12. The van der Waals surface area contributed by atoms with E-state index in [1.165, 1.54) is 0 Å². The van der Waals surface area contributed by atoms with Crippen LogP contribution in [0.5, 0.6) is 0 Å². The van der Waals surface area contributed by atoms with Gasteiger partial charge in [-0.3, -0.25) is 9.79 Å². The Hall–Kier alpha value is -9.72. The average Bonchev–Trinajstić information content (AvgIpc) is 1.59. The molecule has 0 bridgehead atoms. The van der Waals surface area contributed by atoms with Crippen molar-refractivity contribution in [3.63, 3.8) is 0 Å². The van der Waals surface area contributed by atoms with Gasteiger partial charge in [0.15, 0.2) is 50.3 Å². The van der Waals surface area contributed by atoms with Gasteiger partial charge < -0.3 is 88.5 Å². The van der Waals surface area contributed by atoms with Gasteiger partial charge in [-0.25, -0.2) is 53.8 Å². The van der Waals surface area contributed by atoms with Crippen LogP contribution in [0.25, 0.3) is 38.7 Å². The lowest BCUT2D eigenvalue weighted by atomic mass is 9.73. The average molecular weight is 1790 g/mol. The van der Waals surface area contributed by atoms with Gasteiger partial charge in [0.25, 0.3) is 12.3 Å². The van der Waals surface area contributed by atoms with Crippen molar-refractivity contribution in [1.82, 2.24) is 80.2 Å². The van der Waals surface area contributed by atoms with E-state index in [1.54, 1.807) is 6.07 Å². The predicted molar refractivity (Wildman–Crippen MR) is 463 cm³/mol. The molecule has 5 N–H and O–H groups in total. The fraction of sp³-hybridized carbons (Fsp3) is 0.635. The molecule has 8 atom stereocenters. The molecule has 37 heteroatoms. The summed E-state index contributed by atoms with van der Waals surface area (Å²) in [6, 6.07) is 7.68. The number of amidine groups is 1. The van der Waals surface area contributed by atoms with Crippen molar-refractivity contribution in [3.8, 4) is 11.5 Å². The molecular formula is C85H113IN24O12. The third-order valence-electron chi connectivity index (χ3n) is 25.7. The van der Waals surface area contributed by atoms with E-state index in [0.29, 0.717) is 56.0 Å². The Kier molecular flexibility index (Phi) is 25.2. The summed E-state index contributed by atoms with van der Waals surface area (Å²) < 4.78 is 51.3. The van der Waals surface area contributed by atoms with Crippen LogP contribution in [0.4, 0.5) is 50.1 Å². The molecule has 8 saturated heterocycles. The summed E-state index contributed by atoms with van der Waals surface area (Å²) in [4.78, 5) is 97.0. The number of amides is 2. The number of aryl methyl sites for hydroxylation is 3. The molecule has 19 rings (SSSR count).